The number of rotatable bonds is 24. The van der Waals surface area contributed by atoms with E-state index in [0.717, 1.165) is 44.5 Å². The number of aromatic nitrogens is 8. The molecule has 16 N–H and O–H groups in total. The first-order valence-electron chi connectivity index (χ1n) is 38.7. The van der Waals surface area contributed by atoms with Crippen LogP contribution in [0.2, 0.25) is 10.0 Å². The van der Waals surface area contributed by atoms with Crippen LogP contribution < -0.4 is 73.9 Å². The number of hydrogen-bond acceptors (Lipinski definition) is 22. The molecule has 8 aromatic heterocycles. The Kier molecular flexibility index (Phi) is 39.5. The maximum absolute atomic E-state index is 13.3. The van der Waals surface area contributed by atoms with E-state index in [-0.39, 0.29) is 114 Å². The zero-order chi connectivity index (χ0) is 88.8. The number of para-hydroxylation sites is 4. The van der Waals surface area contributed by atoms with Crippen LogP contribution in [-0.4, -0.2) is 138 Å². The molecule has 15 aromatic rings. The Labute approximate surface area is 767 Å². The van der Waals surface area contributed by atoms with Gasteiger partial charge in [0.1, 0.15) is 22.5 Å². The van der Waals surface area contributed by atoms with Crippen LogP contribution >= 0.6 is 35.6 Å². The van der Waals surface area contributed by atoms with Crippen LogP contribution in [0.5, 0.6) is 0 Å². The van der Waals surface area contributed by atoms with E-state index in [9.17, 15) is 38.4 Å². The van der Waals surface area contributed by atoms with E-state index < -0.39 is 19.1 Å². The van der Waals surface area contributed by atoms with Gasteiger partial charge in [-0.1, -0.05) is 157 Å². The van der Waals surface area contributed by atoms with Gasteiger partial charge in [-0.25, -0.2) is 24.7 Å². The number of carboxylic acids is 2. The predicted molar refractivity (Wildman–Crippen MR) is 484 cm³/mol. The second kappa shape index (κ2) is 49.9. The normalized spacial score (nSPS) is 10.3. The number of anilines is 4. The summed E-state index contributed by atoms with van der Waals surface area (Å²) in [6.07, 6.45) is 20.7. The number of nitrogens with zero attached hydrogens (tertiary/aromatic N) is 8. The number of ether oxygens (including phenoxy) is 3. The van der Waals surface area contributed by atoms with E-state index in [1.807, 2.05) is 108 Å². The van der Waals surface area contributed by atoms with Gasteiger partial charge in [-0.15, -0.1) is 12.4 Å². The standard InChI is InChI=1S/C25H24N4O3.C23H20N4O3.C18H16ClN3O3.C10H13NO2.C8H5ClN2O2.C7H10BNO2.ClH.Na.H2O/c1-2-32-23(30)14-19-7-3-4-9-22(19)28-25(31)21-13-20(16-29-11-10-27-24(21)29)18-8-5-6-17(12-18)15-26;24-13-15-4-3-6-16(10-15)18-11-19(22-25-8-9-27(22)14-18)23(30)26-20-7-2-1-5-17(20)12-21(28)29;1-2-25-16(23)9-12-5-3-4-6-15(12)21-18(24)14-10-13(19)11-22-8-7-20-17(14)22;1-2-13-10(12)7-8-5-3-4-6-9(8)11;9-5-3-6(8(12)13)7-10-1-2-11(7)4-5;9-5-6-2-1-3-7(4-6)8(10)11;;;/h3-13,16H,2,14-15,26H2,1H3,(H,28,31);1-11,14H,12-13,24H2,(H,26,30)(H,28,29);3-8,10-11H,2,9H2,1H3,(H,21,24);3-6H,2,7,11H2,1H3;1-4H,(H,12,13);1-4,10-11H,5,9H2;1H;;1H2/q;;;;;;;+1;/p-1. The topological polar surface area (TPSA) is 485 Å². The van der Waals surface area contributed by atoms with Gasteiger partial charge in [-0.2, -0.15) is 0 Å². The molecule has 36 heteroatoms. The molecule has 31 nitrogen and oxygen atoms in total. The fourth-order valence-electron chi connectivity index (χ4n) is 12.6. The van der Waals surface area contributed by atoms with E-state index in [1.165, 1.54) is 12.3 Å². The number of carboxylic acid groups (broad SMARTS) is 2. The minimum absolute atomic E-state index is 0. The number of aliphatic carboxylic acids is 1. The summed E-state index contributed by atoms with van der Waals surface area (Å²) in [5, 5.41) is 44.9. The second-order valence-electron chi connectivity index (χ2n) is 27.0. The first-order chi connectivity index (χ1) is 59.9. The molecule has 15 rings (SSSR count). The van der Waals surface area contributed by atoms with Crippen LogP contribution in [0.15, 0.2) is 268 Å². The number of imidazole rings is 4. The minimum Gasteiger partial charge on any atom is -0.870 e. The van der Waals surface area contributed by atoms with E-state index in [2.05, 4.69) is 35.9 Å². The third kappa shape index (κ3) is 28.5. The average molecular weight is 1790 g/mol. The monoisotopic (exact) mass is 1790 g/mol. The van der Waals surface area contributed by atoms with E-state index in [4.69, 9.17) is 80.6 Å². The number of nitrogens with one attached hydrogen (secondary N) is 3. The maximum Gasteiger partial charge on any atom is 1.00 e. The number of amides is 3. The Hall–Kier alpha value is -13.4. The van der Waals surface area contributed by atoms with Crippen molar-refractivity contribution in [3.05, 3.63) is 340 Å². The molecule has 0 aliphatic heterocycles. The number of nitrogen functional groups attached to an aromatic ring is 1. The van der Waals surface area contributed by atoms with Crippen molar-refractivity contribution in [3.8, 4) is 22.3 Å². The summed E-state index contributed by atoms with van der Waals surface area (Å²) in [7, 11) is -1.40. The predicted octanol–water partition coefficient (Wildman–Crippen LogP) is 9.64. The van der Waals surface area contributed by atoms with E-state index in [1.54, 1.807) is 187 Å². The summed E-state index contributed by atoms with van der Waals surface area (Å²) in [5.41, 5.74) is 37.7. The first-order valence-corrected chi connectivity index (χ1v) is 39.5. The molecule has 650 valence electrons. The summed E-state index contributed by atoms with van der Waals surface area (Å²) in [6.45, 7) is 7.61. The number of carbonyl (C=O) groups is 8. The van der Waals surface area contributed by atoms with Crippen molar-refractivity contribution >= 4 is 141 Å². The van der Waals surface area contributed by atoms with Crippen LogP contribution in [0.25, 0.3) is 44.8 Å². The fourth-order valence-corrected chi connectivity index (χ4v) is 13.0. The molecule has 8 heterocycles. The number of esters is 3. The van der Waals surface area contributed by atoms with Crippen LogP contribution in [0, 0.1) is 0 Å². The molecule has 3 amide bonds. The van der Waals surface area contributed by atoms with Crippen molar-refractivity contribution in [3.63, 3.8) is 0 Å². The summed E-state index contributed by atoms with van der Waals surface area (Å²) in [4.78, 5) is 113. The van der Waals surface area contributed by atoms with Crippen LogP contribution in [0.1, 0.15) is 101 Å². The molecule has 0 radical (unpaired) electrons. The molecule has 0 spiro atoms. The van der Waals surface area contributed by atoms with E-state index >= 15 is 0 Å². The molecule has 0 aliphatic rings. The van der Waals surface area contributed by atoms with Crippen molar-refractivity contribution in [2.45, 2.75) is 66.1 Å². The van der Waals surface area contributed by atoms with Gasteiger partial charge in [0.25, 0.3) is 17.7 Å². The van der Waals surface area contributed by atoms with Crippen molar-refractivity contribution in [1.82, 2.24) is 37.5 Å². The quantitative estimate of drug-likeness (QED) is 0.0116. The Morgan fingerprint density at radius 2 is 0.724 bits per heavy atom. The van der Waals surface area contributed by atoms with Gasteiger partial charge in [0.15, 0.2) is 5.65 Å². The number of halogens is 3. The molecule has 0 saturated carbocycles. The van der Waals surface area contributed by atoms with Gasteiger partial charge in [0, 0.05) is 117 Å². The number of aromatic carboxylic acids is 1. The van der Waals surface area contributed by atoms with Crippen molar-refractivity contribution in [1.29, 1.82) is 0 Å². The van der Waals surface area contributed by atoms with Gasteiger partial charge in [-0.05, 0) is 148 Å². The molecular weight excluding hydrogens is 1700 g/mol. The molecule has 0 atom stereocenters. The van der Waals surface area contributed by atoms with Crippen LogP contribution in [0.3, 0.4) is 0 Å². The summed E-state index contributed by atoms with van der Waals surface area (Å²) < 4.78 is 21.7. The number of carbonyl (C=O) groups excluding carboxylic acids is 6. The molecule has 0 saturated heterocycles. The summed E-state index contributed by atoms with van der Waals surface area (Å²) >= 11 is 11.8. The van der Waals surface area contributed by atoms with Gasteiger partial charge in [0.2, 0.25) is 0 Å². The molecule has 0 bridgehead atoms. The van der Waals surface area contributed by atoms with Crippen molar-refractivity contribution in [2.75, 3.05) is 41.5 Å². The number of fused-ring (bicyclic) bond motifs is 4. The molecule has 127 heavy (non-hydrogen) atoms. The zero-order valence-electron chi connectivity index (χ0n) is 69.3. The maximum atomic E-state index is 13.3. The molecule has 0 fully saturated rings. The molecule has 7 aromatic carbocycles. The zero-order valence-corrected chi connectivity index (χ0v) is 73.7. The fraction of sp³-hybridized carbons (Fsp3) is 0.143. The van der Waals surface area contributed by atoms with Gasteiger partial charge in [0.05, 0.1) is 72.2 Å². The Morgan fingerprint density at radius 1 is 0.402 bits per heavy atom. The molecule has 0 unspecified atom stereocenters. The van der Waals surface area contributed by atoms with Gasteiger partial charge >= 0.3 is 66.5 Å². The largest absolute Gasteiger partial charge is 1.00 e. The number of pyridine rings is 4. The van der Waals surface area contributed by atoms with Crippen molar-refractivity contribution < 1.29 is 108 Å². The van der Waals surface area contributed by atoms with Gasteiger partial charge in [-0.3, -0.25) is 33.6 Å². The number of benzene rings is 7. The van der Waals surface area contributed by atoms with Crippen molar-refractivity contribution in [2.24, 2.45) is 17.2 Å². The third-order valence-electron chi connectivity index (χ3n) is 18.4. The SMILES string of the molecule is CCOC(=O)Cc1ccccc1N.CCOC(=O)Cc1ccccc1NC(=O)c1cc(-c2cccc(CN)c2)cn2ccnc12.CCOC(=O)Cc1ccccc1NC(=O)c1cc(Cl)cn2ccnc12.Cl.NCc1cccc(-c2cc(C(=O)Nc3ccccc3CC(=O)O)c3nccn3c2)c1.NCc1cccc(B(O)O)c1.O=C(O)c1cc(Cl)cn2ccnc12.[Na+].[OH-]. The van der Waals surface area contributed by atoms with Crippen LogP contribution in [-0.2, 0) is 78.7 Å². The summed E-state index contributed by atoms with van der Waals surface area (Å²) in [6, 6.07) is 57.6. The Balaban J connectivity index is 0.000000217. The molecular formula is C91H90BCl3N15NaO16. The summed E-state index contributed by atoms with van der Waals surface area (Å²) in [5.74, 6) is -3.94. The first kappa shape index (κ1) is 101. The third-order valence-corrected chi connectivity index (χ3v) is 18.9. The number of nitrogens with two attached hydrogens (primary N) is 4. The van der Waals surface area contributed by atoms with E-state index in [0.29, 0.717) is 134 Å². The second-order valence-corrected chi connectivity index (χ2v) is 27.9. The smallest absolute Gasteiger partial charge is 0.870 e. The minimum atomic E-state index is -1.40. The average Bonchev–Trinajstić information content (AvgIpc) is 1.72. The van der Waals surface area contributed by atoms with Crippen LogP contribution in [0.4, 0.5) is 22.7 Å². The van der Waals surface area contributed by atoms with Gasteiger partial charge < -0.3 is 96.4 Å². The Morgan fingerprint density at radius 3 is 1.09 bits per heavy atom. The number of hydrogen-bond donors (Lipinski definition) is 11. The Bertz CT molecular complexity index is 6310. The molecule has 0 aliphatic carbocycles.